The first kappa shape index (κ1) is 12.5. The van der Waals surface area contributed by atoms with E-state index in [0.717, 1.165) is 17.9 Å². The van der Waals surface area contributed by atoms with Crippen LogP contribution in [0.15, 0.2) is 24.3 Å². The molecule has 1 atom stereocenters. The van der Waals surface area contributed by atoms with Crippen molar-refractivity contribution >= 4 is 11.6 Å². The van der Waals surface area contributed by atoms with Gasteiger partial charge in [0.2, 0.25) is 0 Å². The van der Waals surface area contributed by atoms with E-state index in [1.807, 2.05) is 31.2 Å². The second kappa shape index (κ2) is 5.50. The summed E-state index contributed by atoms with van der Waals surface area (Å²) >= 11 is 5.79. The highest BCUT2D eigenvalue weighted by Crippen LogP contribution is 2.18. The molecule has 1 aromatic rings. The van der Waals surface area contributed by atoms with Gasteiger partial charge in [-0.3, -0.25) is 0 Å². The van der Waals surface area contributed by atoms with Gasteiger partial charge >= 0.3 is 0 Å². The highest BCUT2D eigenvalue weighted by Gasteiger charge is 2.21. The maximum Gasteiger partial charge on any atom is 0.0883 e. The quantitative estimate of drug-likeness (QED) is 0.840. The molecule has 3 heteroatoms. The number of rotatable bonds is 5. The van der Waals surface area contributed by atoms with Gasteiger partial charge in [-0.25, -0.2) is 0 Å². The zero-order valence-electron chi connectivity index (χ0n) is 9.16. The van der Waals surface area contributed by atoms with Crippen molar-refractivity contribution in [1.29, 1.82) is 0 Å². The van der Waals surface area contributed by atoms with E-state index in [1.165, 1.54) is 5.56 Å². The molecule has 1 N–H and O–H groups in total. The van der Waals surface area contributed by atoms with Crippen molar-refractivity contribution in [3.05, 3.63) is 34.9 Å². The monoisotopic (exact) mass is 228 g/mol. The molecule has 0 aromatic heterocycles. The third-order valence-electron chi connectivity index (χ3n) is 2.68. The minimum atomic E-state index is -0.445. The van der Waals surface area contributed by atoms with Gasteiger partial charge in [-0.15, -0.1) is 0 Å². The van der Waals surface area contributed by atoms with Gasteiger partial charge in [0.15, 0.2) is 0 Å². The molecular formula is C12H17ClO2. The van der Waals surface area contributed by atoms with Crippen molar-refractivity contribution in [1.82, 2.24) is 0 Å². The lowest BCUT2D eigenvalue weighted by atomic mass is 9.97. The molecular weight excluding hydrogens is 212 g/mol. The van der Waals surface area contributed by atoms with Crippen molar-refractivity contribution in [2.75, 3.05) is 13.7 Å². The molecule has 0 fully saturated rings. The molecule has 0 radical (unpaired) electrons. The van der Waals surface area contributed by atoms with Crippen LogP contribution in [0.1, 0.15) is 18.9 Å². The number of ether oxygens (including phenoxy) is 1. The molecule has 0 aliphatic rings. The molecule has 0 spiro atoms. The second-order valence-corrected chi connectivity index (χ2v) is 4.38. The summed E-state index contributed by atoms with van der Waals surface area (Å²) in [6.45, 7) is 1.94. The fraction of sp³-hybridized carbons (Fsp3) is 0.500. The first-order valence-corrected chi connectivity index (χ1v) is 5.38. The van der Waals surface area contributed by atoms with E-state index in [1.54, 1.807) is 7.11 Å². The van der Waals surface area contributed by atoms with E-state index in [4.69, 9.17) is 21.4 Å². The Morgan fingerprint density at radius 2 is 1.93 bits per heavy atom. The molecule has 0 heterocycles. The molecule has 1 rings (SSSR count). The van der Waals surface area contributed by atoms with Gasteiger partial charge in [0, 0.05) is 12.1 Å². The van der Waals surface area contributed by atoms with E-state index < -0.39 is 5.60 Å². The van der Waals surface area contributed by atoms with Crippen LogP contribution in [0.2, 0.25) is 5.02 Å². The van der Waals surface area contributed by atoms with Crippen LogP contribution in [-0.2, 0) is 11.2 Å². The first-order chi connectivity index (χ1) is 7.09. The Labute approximate surface area is 95.8 Å². The Hall–Kier alpha value is -0.570. The Balaban J connectivity index is 2.53. The van der Waals surface area contributed by atoms with Gasteiger partial charge in [-0.2, -0.15) is 0 Å². The van der Waals surface area contributed by atoms with E-state index in [-0.39, 0.29) is 6.61 Å². The molecule has 0 bridgehead atoms. The summed E-state index contributed by atoms with van der Waals surface area (Å²) in [5.41, 5.74) is 0.760. The van der Waals surface area contributed by atoms with Crippen LogP contribution < -0.4 is 0 Å². The van der Waals surface area contributed by atoms with Gasteiger partial charge in [0.1, 0.15) is 0 Å². The lowest BCUT2D eigenvalue weighted by molar-refractivity contribution is -0.0429. The molecule has 0 saturated carbocycles. The zero-order chi connectivity index (χ0) is 11.3. The van der Waals surface area contributed by atoms with E-state index in [2.05, 4.69) is 0 Å². The normalized spacial score (nSPS) is 14.9. The summed E-state index contributed by atoms with van der Waals surface area (Å²) in [4.78, 5) is 0. The van der Waals surface area contributed by atoms with Crippen LogP contribution in [0.4, 0.5) is 0 Å². The van der Waals surface area contributed by atoms with Gasteiger partial charge in [-0.1, -0.05) is 23.7 Å². The van der Waals surface area contributed by atoms with Gasteiger partial charge < -0.3 is 9.84 Å². The average molecular weight is 229 g/mol. The van der Waals surface area contributed by atoms with Crippen molar-refractivity contribution in [3.63, 3.8) is 0 Å². The van der Waals surface area contributed by atoms with Crippen molar-refractivity contribution in [3.8, 4) is 0 Å². The lowest BCUT2D eigenvalue weighted by Gasteiger charge is -2.25. The molecule has 2 nitrogen and oxygen atoms in total. The fourth-order valence-corrected chi connectivity index (χ4v) is 1.43. The van der Waals surface area contributed by atoms with Crippen LogP contribution in [0, 0.1) is 0 Å². The van der Waals surface area contributed by atoms with Crippen LogP contribution in [0.3, 0.4) is 0 Å². The SMILES string of the molecule is COC(C)(CO)CCc1ccc(Cl)cc1. The number of hydrogen-bond acceptors (Lipinski definition) is 2. The minimum absolute atomic E-state index is 0.0388. The summed E-state index contributed by atoms with van der Waals surface area (Å²) in [6, 6.07) is 7.74. The second-order valence-electron chi connectivity index (χ2n) is 3.94. The number of benzene rings is 1. The maximum absolute atomic E-state index is 9.16. The third-order valence-corrected chi connectivity index (χ3v) is 2.94. The number of aryl methyl sites for hydroxylation is 1. The standard InChI is InChI=1S/C12H17ClO2/c1-12(9-14,15-2)8-7-10-3-5-11(13)6-4-10/h3-6,14H,7-9H2,1-2H3. The van der Waals surface area contributed by atoms with Crippen LogP contribution >= 0.6 is 11.6 Å². The number of halogens is 1. The topological polar surface area (TPSA) is 29.5 Å². The van der Waals surface area contributed by atoms with Crippen LogP contribution in [-0.4, -0.2) is 24.4 Å². The Kier molecular flexibility index (Phi) is 4.58. The van der Waals surface area contributed by atoms with Crippen molar-refractivity contribution in [2.45, 2.75) is 25.4 Å². The fourth-order valence-electron chi connectivity index (χ4n) is 1.31. The summed E-state index contributed by atoms with van der Waals surface area (Å²) < 4.78 is 5.26. The van der Waals surface area contributed by atoms with Crippen molar-refractivity contribution in [2.24, 2.45) is 0 Å². The van der Waals surface area contributed by atoms with E-state index in [0.29, 0.717) is 0 Å². The van der Waals surface area contributed by atoms with Gasteiger partial charge in [0.25, 0.3) is 0 Å². The maximum atomic E-state index is 9.16. The van der Waals surface area contributed by atoms with Crippen LogP contribution in [0.5, 0.6) is 0 Å². The van der Waals surface area contributed by atoms with E-state index >= 15 is 0 Å². The molecule has 0 aliphatic heterocycles. The number of aliphatic hydroxyl groups is 1. The summed E-state index contributed by atoms with van der Waals surface area (Å²) in [5.74, 6) is 0. The highest BCUT2D eigenvalue weighted by atomic mass is 35.5. The number of methoxy groups -OCH3 is 1. The molecule has 15 heavy (non-hydrogen) atoms. The minimum Gasteiger partial charge on any atom is -0.393 e. The predicted octanol–water partition coefficient (Wildman–Crippen LogP) is 2.67. The average Bonchev–Trinajstić information content (AvgIpc) is 2.28. The molecule has 1 aromatic carbocycles. The molecule has 84 valence electrons. The van der Waals surface area contributed by atoms with Crippen molar-refractivity contribution < 1.29 is 9.84 Å². The first-order valence-electron chi connectivity index (χ1n) is 5.00. The predicted molar refractivity (Wildman–Crippen MR) is 62.3 cm³/mol. The third kappa shape index (κ3) is 3.82. The summed E-state index contributed by atoms with van der Waals surface area (Å²) in [7, 11) is 1.62. The van der Waals surface area contributed by atoms with Crippen LogP contribution in [0.25, 0.3) is 0 Å². The Morgan fingerprint density at radius 3 is 2.40 bits per heavy atom. The van der Waals surface area contributed by atoms with E-state index in [9.17, 15) is 0 Å². The Bertz CT molecular complexity index is 291. The lowest BCUT2D eigenvalue weighted by Crippen LogP contribution is -2.32. The summed E-state index contributed by atoms with van der Waals surface area (Å²) in [6.07, 6.45) is 1.67. The van der Waals surface area contributed by atoms with Gasteiger partial charge in [-0.05, 0) is 37.5 Å². The Morgan fingerprint density at radius 1 is 1.33 bits per heavy atom. The summed E-state index contributed by atoms with van der Waals surface area (Å²) in [5, 5.41) is 9.91. The van der Waals surface area contributed by atoms with Gasteiger partial charge in [0.05, 0.1) is 12.2 Å². The number of hydrogen-bond donors (Lipinski definition) is 1. The molecule has 0 amide bonds. The number of aliphatic hydroxyl groups excluding tert-OH is 1. The molecule has 1 unspecified atom stereocenters. The highest BCUT2D eigenvalue weighted by molar-refractivity contribution is 6.30. The largest absolute Gasteiger partial charge is 0.393 e. The molecule has 0 aliphatic carbocycles. The smallest absolute Gasteiger partial charge is 0.0883 e. The zero-order valence-corrected chi connectivity index (χ0v) is 9.92. The molecule has 0 saturated heterocycles.